The molecule has 0 saturated carbocycles. The highest BCUT2D eigenvalue weighted by molar-refractivity contribution is 7.94. The number of carbonyl (C=O) groups excluding carboxylic acids is 2. The summed E-state index contributed by atoms with van der Waals surface area (Å²) in [6.07, 6.45) is 2.69. The number of ether oxygens (including phenoxy) is 2. The van der Waals surface area contributed by atoms with Crippen LogP contribution in [0.1, 0.15) is 25.1 Å². The van der Waals surface area contributed by atoms with Crippen LogP contribution in [0.2, 0.25) is 0 Å². The van der Waals surface area contributed by atoms with E-state index in [2.05, 4.69) is 20.5 Å². The molecule has 4 heterocycles. The Hall–Kier alpha value is -4.48. The van der Waals surface area contributed by atoms with Gasteiger partial charge in [0.25, 0.3) is 5.91 Å². The Labute approximate surface area is 268 Å². The van der Waals surface area contributed by atoms with Crippen molar-refractivity contribution in [3.63, 3.8) is 0 Å². The van der Waals surface area contributed by atoms with E-state index in [1.165, 1.54) is 37.9 Å². The number of methoxy groups -OCH3 is 1. The number of sulfone groups is 2. The summed E-state index contributed by atoms with van der Waals surface area (Å²) in [6.45, 7) is 2.59. The van der Waals surface area contributed by atoms with Crippen LogP contribution in [0.4, 0.5) is 0 Å². The van der Waals surface area contributed by atoms with E-state index >= 15 is 0 Å². The third-order valence-electron chi connectivity index (χ3n) is 7.87. The van der Waals surface area contributed by atoms with Crippen molar-refractivity contribution in [1.82, 2.24) is 30.1 Å². The van der Waals surface area contributed by atoms with Gasteiger partial charge in [0.15, 0.2) is 21.3 Å². The number of hydrogen-bond donors (Lipinski definition) is 0. The largest absolute Gasteiger partial charge is 0.497 e. The summed E-state index contributed by atoms with van der Waals surface area (Å²) < 4.78 is 63.0. The minimum Gasteiger partial charge on any atom is -0.497 e. The van der Waals surface area contributed by atoms with Crippen LogP contribution in [0.25, 0.3) is 16.6 Å². The fraction of sp³-hybridized carbons (Fsp3) is 0.310. The highest BCUT2D eigenvalue weighted by Gasteiger charge is 2.70. The molecule has 240 valence electrons. The first-order valence-electron chi connectivity index (χ1n) is 13.9. The van der Waals surface area contributed by atoms with Crippen LogP contribution >= 0.6 is 11.3 Å². The maximum Gasteiger partial charge on any atom is 0.330 e. The summed E-state index contributed by atoms with van der Waals surface area (Å²) in [5.41, 5.74) is 1.50. The van der Waals surface area contributed by atoms with Crippen molar-refractivity contribution in [2.24, 2.45) is 0 Å². The van der Waals surface area contributed by atoms with Gasteiger partial charge in [0.2, 0.25) is 14.2 Å². The standard InChI is InChI=1S/C29H28N6O8S3/c1-29(2)23(27(37)43-17-18-9-11-21(42-3)12-10-18)35-25(36)22(26(35)46(29,40)41)15-20-16-34(33-30-20)13-14-45(38,39)28-32-31-24(44-28)19-7-5-4-6-8-19/h4-12,15-16,23,26H,13-14,17H2,1-3H3/b22-15-/t23-,26+/m0/s1. The molecular formula is C29H28N6O8S3. The third-order valence-corrected chi connectivity index (χ3v) is 13.7. The summed E-state index contributed by atoms with van der Waals surface area (Å²) in [5, 5.41) is 14.8. The molecule has 4 aromatic rings. The van der Waals surface area contributed by atoms with Crippen molar-refractivity contribution < 1.29 is 35.9 Å². The average molecular weight is 685 g/mol. The summed E-state index contributed by atoms with van der Waals surface area (Å²) in [4.78, 5) is 27.4. The molecule has 0 unspecified atom stereocenters. The number of hydrogen-bond acceptors (Lipinski definition) is 13. The lowest BCUT2D eigenvalue weighted by Crippen LogP contribution is -2.59. The van der Waals surface area contributed by atoms with Crippen molar-refractivity contribution in [3.8, 4) is 16.3 Å². The van der Waals surface area contributed by atoms with E-state index in [0.717, 1.165) is 21.8 Å². The fourth-order valence-corrected chi connectivity index (χ4v) is 9.72. The van der Waals surface area contributed by atoms with Crippen molar-refractivity contribution >= 4 is 49.0 Å². The smallest absolute Gasteiger partial charge is 0.330 e. The summed E-state index contributed by atoms with van der Waals surface area (Å²) in [6, 6.07) is 14.6. The molecule has 0 spiro atoms. The van der Waals surface area contributed by atoms with Crippen LogP contribution in [0, 0.1) is 0 Å². The van der Waals surface area contributed by atoms with E-state index in [-0.39, 0.29) is 34.5 Å². The molecule has 46 heavy (non-hydrogen) atoms. The normalized spacial score (nSPS) is 20.7. The van der Waals surface area contributed by atoms with E-state index in [4.69, 9.17) is 9.47 Å². The first-order valence-corrected chi connectivity index (χ1v) is 17.9. The maximum absolute atomic E-state index is 13.6. The summed E-state index contributed by atoms with van der Waals surface area (Å²) in [5.74, 6) is -1.19. The quantitative estimate of drug-likeness (QED) is 0.135. The number of rotatable bonds is 10. The van der Waals surface area contributed by atoms with Gasteiger partial charge < -0.3 is 14.4 Å². The number of fused-ring (bicyclic) bond motifs is 1. The molecule has 1 amide bonds. The third kappa shape index (κ3) is 5.47. The first kappa shape index (κ1) is 31.5. The van der Waals surface area contributed by atoms with Crippen molar-refractivity contribution in [1.29, 1.82) is 0 Å². The molecule has 0 N–H and O–H groups in total. The van der Waals surface area contributed by atoms with Gasteiger partial charge in [-0.15, -0.1) is 15.3 Å². The number of aryl methyl sites for hydroxylation is 1. The Morgan fingerprint density at radius 2 is 1.78 bits per heavy atom. The summed E-state index contributed by atoms with van der Waals surface area (Å²) in [7, 11) is -6.31. The number of β-lactam (4-membered cyclic amide) rings is 1. The topological polar surface area (TPSA) is 181 Å². The van der Waals surface area contributed by atoms with E-state index in [1.807, 2.05) is 30.3 Å². The van der Waals surface area contributed by atoms with Gasteiger partial charge in [-0.05, 0) is 37.6 Å². The Balaban J connectivity index is 1.13. The molecule has 14 nitrogen and oxygen atoms in total. The molecule has 0 aliphatic carbocycles. The first-order chi connectivity index (χ1) is 21.8. The van der Waals surface area contributed by atoms with E-state index in [0.29, 0.717) is 16.3 Å². The lowest BCUT2D eigenvalue weighted by Gasteiger charge is -2.38. The number of aromatic nitrogens is 5. The summed E-state index contributed by atoms with van der Waals surface area (Å²) >= 11 is 0.965. The predicted octanol–water partition coefficient (Wildman–Crippen LogP) is 2.15. The SMILES string of the molecule is COc1ccc(COC(=O)[C@@H]2N3C(=O)/C(=C/c4cn(CCS(=O)(=O)c5nnc(-c6ccccc6)s5)nn4)[C@H]3S(=O)(=O)C2(C)C)cc1. The molecular weight excluding hydrogens is 657 g/mol. The molecule has 2 aromatic carbocycles. The molecule has 2 saturated heterocycles. The van der Waals surface area contributed by atoms with E-state index < -0.39 is 47.7 Å². The Morgan fingerprint density at radius 3 is 2.48 bits per heavy atom. The van der Waals surface area contributed by atoms with Crippen molar-refractivity contribution in [3.05, 3.63) is 77.6 Å². The Kier molecular flexibility index (Phi) is 8.02. The van der Waals surface area contributed by atoms with Crippen LogP contribution in [-0.4, -0.2) is 87.8 Å². The minimum atomic E-state index is -4.05. The zero-order valence-electron chi connectivity index (χ0n) is 24.8. The van der Waals surface area contributed by atoms with Gasteiger partial charge in [-0.3, -0.25) is 9.48 Å². The maximum atomic E-state index is 13.6. The van der Waals surface area contributed by atoms with E-state index in [9.17, 15) is 26.4 Å². The molecule has 2 aromatic heterocycles. The lowest BCUT2D eigenvalue weighted by molar-refractivity contribution is -0.158. The zero-order valence-corrected chi connectivity index (χ0v) is 27.3. The molecule has 6 rings (SSSR count). The lowest BCUT2D eigenvalue weighted by atomic mass is 9.95. The van der Waals surface area contributed by atoms with Crippen LogP contribution in [-0.2, 0) is 47.2 Å². The monoisotopic (exact) mass is 684 g/mol. The highest BCUT2D eigenvalue weighted by atomic mass is 32.2. The molecule has 17 heteroatoms. The van der Waals surface area contributed by atoms with Crippen LogP contribution in [0.5, 0.6) is 5.75 Å². The second-order valence-corrected chi connectivity index (χ2v) is 17.0. The number of benzene rings is 2. The van der Waals surface area contributed by atoms with Crippen LogP contribution in [0.15, 0.2) is 70.7 Å². The second-order valence-electron chi connectivity index (χ2n) is 11.1. The van der Waals surface area contributed by atoms with Gasteiger partial charge in [-0.25, -0.2) is 21.6 Å². The van der Waals surface area contributed by atoms with Crippen LogP contribution in [0.3, 0.4) is 0 Å². The molecule has 2 aliphatic heterocycles. The van der Waals surface area contributed by atoms with Gasteiger partial charge >= 0.3 is 5.97 Å². The number of nitrogens with zero attached hydrogens (tertiary/aromatic N) is 6. The Bertz CT molecular complexity index is 2060. The second kappa shape index (κ2) is 11.7. The zero-order chi connectivity index (χ0) is 32.9. The number of esters is 1. The van der Waals surface area contributed by atoms with Gasteiger partial charge in [0.05, 0.1) is 31.2 Å². The van der Waals surface area contributed by atoms with Gasteiger partial charge in [-0.1, -0.05) is 59.0 Å². The van der Waals surface area contributed by atoms with Gasteiger partial charge in [0, 0.05) is 5.56 Å². The van der Waals surface area contributed by atoms with Crippen molar-refractivity contribution in [2.75, 3.05) is 12.9 Å². The highest BCUT2D eigenvalue weighted by Crippen LogP contribution is 2.49. The molecule has 2 atom stereocenters. The fourth-order valence-electron chi connectivity index (χ4n) is 5.26. The molecule has 0 bridgehead atoms. The van der Waals surface area contributed by atoms with Crippen molar-refractivity contribution in [2.45, 2.75) is 47.5 Å². The average Bonchev–Trinajstić information content (AvgIpc) is 3.75. The predicted molar refractivity (Wildman–Crippen MR) is 166 cm³/mol. The minimum absolute atomic E-state index is 0.0690. The van der Waals surface area contributed by atoms with Gasteiger partial charge in [-0.2, -0.15) is 0 Å². The van der Waals surface area contributed by atoms with E-state index in [1.54, 1.807) is 24.3 Å². The van der Waals surface area contributed by atoms with Crippen LogP contribution < -0.4 is 4.74 Å². The number of carbonyl (C=O) groups is 2. The molecule has 2 fully saturated rings. The molecule has 0 radical (unpaired) electrons. The molecule has 2 aliphatic rings. The Morgan fingerprint density at radius 1 is 1.07 bits per heavy atom. The van der Waals surface area contributed by atoms with Gasteiger partial charge in [0.1, 0.15) is 27.8 Å². The number of amides is 1.